The zero-order valence-corrected chi connectivity index (χ0v) is 29.9. The van der Waals surface area contributed by atoms with Crippen molar-refractivity contribution < 1.29 is 9.90 Å². The van der Waals surface area contributed by atoms with Gasteiger partial charge >= 0.3 is 0 Å². The third-order valence-corrected chi connectivity index (χ3v) is 10.4. The number of fused-ring (bicyclic) bond motifs is 6. The van der Waals surface area contributed by atoms with Crippen molar-refractivity contribution in [3.8, 4) is 62.1 Å². The van der Waals surface area contributed by atoms with E-state index >= 15 is 0 Å². The fourth-order valence-corrected chi connectivity index (χ4v) is 7.73. The monoisotopic (exact) mass is 720 g/mol. The third-order valence-electron chi connectivity index (χ3n) is 10.4. The Labute approximate surface area is 328 Å². The van der Waals surface area contributed by atoms with E-state index in [2.05, 4.69) is 36.4 Å². The van der Waals surface area contributed by atoms with Crippen LogP contribution < -0.4 is 0 Å². The quantitative estimate of drug-likeness (QED) is 0.172. The van der Waals surface area contributed by atoms with Gasteiger partial charge < -0.3 is 4.42 Å². The van der Waals surface area contributed by atoms with Gasteiger partial charge in [-0.2, -0.15) is 9.97 Å². The van der Waals surface area contributed by atoms with Crippen molar-refractivity contribution in [2.45, 2.75) is 0 Å². The number of nitrogens with zero attached hydrogens (tertiary/aromatic N) is 4. The van der Waals surface area contributed by atoms with Crippen LogP contribution in [-0.4, -0.2) is 19.5 Å². The largest absolute Gasteiger partial charge is 0.456 e. The summed E-state index contributed by atoms with van der Waals surface area (Å²) in [6.07, 6.45) is 0. The minimum absolute atomic E-state index is 0.131. The van der Waals surface area contributed by atoms with Crippen LogP contribution in [0, 0.1) is 0 Å². The first-order valence-electron chi connectivity index (χ1n) is 20.4. The highest BCUT2D eigenvalue weighted by Crippen LogP contribution is 2.38. The molecule has 0 saturated carbocycles. The second-order valence-electron chi connectivity index (χ2n) is 13.7. The van der Waals surface area contributed by atoms with Crippen LogP contribution in [0.4, 0.5) is 0 Å². The molecule has 8 aromatic carbocycles. The Kier molecular flexibility index (Phi) is 6.50. The molecule has 5 heteroatoms. The van der Waals surface area contributed by atoms with Crippen molar-refractivity contribution in [1.29, 1.82) is 0 Å². The summed E-state index contributed by atoms with van der Waals surface area (Å²) < 4.78 is 44.0. The van der Waals surface area contributed by atoms with Gasteiger partial charge in [0.15, 0.2) is 11.6 Å². The molecule has 0 fully saturated rings. The maximum Gasteiger partial charge on any atom is 0.238 e. The molecule has 0 atom stereocenters. The van der Waals surface area contributed by atoms with E-state index in [1.54, 1.807) is 4.57 Å². The van der Waals surface area contributed by atoms with Gasteiger partial charge in [-0.1, -0.05) is 164 Å². The Balaban J connectivity index is 1.19. The van der Waals surface area contributed by atoms with Gasteiger partial charge in [0.1, 0.15) is 11.2 Å². The van der Waals surface area contributed by atoms with Crippen LogP contribution in [0.5, 0.6) is 0 Å². The first kappa shape index (κ1) is 27.9. The summed E-state index contributed by atoms with van der Waals surface area (Å²) in [5, 5.41) is 3.02. The molecule has 0 aliphatic carbocycles. The molecule has 0 amide bonds. The summed E-state index contributed by atoms with van der Waals surface area (Å²) in [6.45, 7) is 0. The highest BCUT2D eigenvalue weighted by Gasteiger charge is 2.20. The Hall–Kier alpha value is -7.63. The lowest BCUT2D eigenvalue weighted by Crippen LogP contribution is -2.06. The van der Waals surface area contributed by atoms with Gasteiger partial charge in [-0.25, -0.2) is 4.98 Å². The number of para-hydroxylation sites is 2. The molecule has 56 heavy (non-hydrogen) atoms. The highest BCUT2D eigenvalue weighted by atomic mass is 16.3. The van der Waals surface area contributed by atoms with E-state index in [4.69, 9.17) is 23.5 Å². The van der Waals surface area contributed by atoms with Gasteiger partial charge in [-0.15, -0.1) is 0 Å². The zero-order valence-electron chi connectivity index (χ0n) is 33.9. The molecule has 0 aliphatic rings. The molecule has 3 heterocycles. The normalized spacial score (nSPS) is 12.6. The maximum absolute atomic E-state index is 9.30. The van der Waals surface area contributed by atoms with Gasteiger partial charge in [0.05, 0.1) is 16.5 Å². The Morgan fingerprint density at radius 2 is 0.964 bits per heavy atom. The molecule has 0 saturated heterocycles. The number of furan rings is 1. The van der Waals surface area contributed by atoms with Crippen molar-refractivity contribution in [2.24, 2.45) is 0 Å². The van der Waals surface area contributed by atoms with Crippen LogP contribution in [0.1, 0.15) is 5.48 Å². The fourth-order valence-electron chi connectivity index (χ4n) is 7.73. The summed E-state index contributed by atoms with van der Waals surface area (Å²) in [5.74, 6) is 0.997. The van der Waals surface area contributed by atoms with E-state index in [-0.39, 0.29) is 35.6 Å². The molecule has 0 spiro atoms. The Morgan fingerprint density at radius 3 is 1.77 bits per heavy atom. The number of benzene rings is 8. The first-order chi connectivity index (χ1) is 29.4. The zero-order chi connectivity index (χ0) is 40.5. The van der Waals surface area contributed by atoms with Crippen LogP contribution in [-0.2, 0) is 0 Å². The second kappa shape index (κ2) is 13.0. The topological polar surface area (TPSA) is 56.7 Å². The smallest absolute Gasteiger partial charge is 0.238 e. The van der Waals surface area contributed by atoms with Crippen LogP contribution in [0.25, 0.3) is 106 Å². The molecule has 3 aromatic heterocycles. The molecule has 0 bridgehead atoms. The molecule has 0 radical (unpaired) electrons. The maximum atomic E-state index is 9.30. The fraction of sp³-hybridized carbons (Fsp3) is 0. The van der Waals surface area contributed by atoms with E-state index < -0.39 is 0 Å². The van der Waals surface area contributed by atoms with Gasteiger partial charge in [0.2, 0.25) is 5.95 Å². The average molecular weight is 721 g/mol. The van der Waals surface area contributed by atoms with Crippen LogP contribution in [0.2, 0.25) is 0 Å². The van der Waals surface area contributed by atoms with Crippen molar-refractivity contribution in [1.82, 2.24) is 19.5 Å². The van der Waals surface area contributed by atoms with Crippen molar-refractivity contribution in [3.63, 3.8) is 0 Å². The van der Waals surface area contributed by atoms with Crippen molar-refractivity contribution >= 4 is 43.7 Å². The van der Waals surface area contributed by atoms with Gasteiger partial charge in [0.25, 0.3) is 0 Å². The standard InChI is InChI=1S/C51H32N4O/c1-3-13-33(14-4-1)34-23-25-36(26-24-34)49-52-50(38-28-30-44-43-20-10-12-22-47(43)56-48(44)32-38)54-51(53-49)55-45-21-11-9-19-41(45)42-29-27-37(31-46(42)55)40-18-8-7-17-39(40)35-15-5-2-6-16-35/h1-32H/i9D,11D,19D,21D. The molecule has 0 aliphatic heterocycles. The Morgan fingerprint density at radius 1 is 0.393 bits per heavy atom. The molecule has 11 rings (SSSR count). The predicted octanol–water partition coefficient (Wildman–Crippen LogP) is 13.2. The number of hydrogen-bond donors (Lipinski definition) is 0. The minimum Gasteiger partial charge on any atom is -0.456 e. The second-order valence-corrected chi connectivity index (χ2v) is 13.7. The predicted molar refractivity (Wildman–Crippen MR) is 229 cm³/mol. The first-order valence-corrected chi connectivity index (χ1v) is 18.4. The van der Waals surface area contributed by atoms with Gasteiger partial charge in [-0.05, 0) is 63.7 Å². The molecule has 11 aromatic rings. The van der Waals surface area contributed by atoms with E-state index in [0.29, 0.717) is 39.1 Å². The lowest BCUT2D eigenvalue weighted by Gasteiger charge is -2.13. The van der Waals surface area contributed by atoms with Gasteiger partial charge in [0, 0.05) is 32.7 Å². The van der Waals surface area contributed by atoms with E-state index in [0.717, 1.165) is 55.3 Å². The average Bonchev–Trinajstić information content (AvgIpc) is 3.86. The minimum atomic E-state index is -0.340. The van der Waals surface area contributed by atoms with Crippen LogP contribution in [0.15, 0.2) is 198 Å². The molecular weight excluding hydrogens is 685 g/mol. The van der Waals surface area contributed by atoms with Crippen molar-refractivity contribution in [3.05, 3.63) is 194 Å². The third kappa shape index (κ3) is 5.37. The van der Waals surface area contributed by atoms with Gasteiger partial charge in [-0.3, -0.25) is 4.57 Å². The summed E-state index contributed by atoms with van der Waals surface area (Å²) >= 11 is 0. The highest BCUT2D eigenvalue weighted by molar-refractivity contribution is 6.10. The number of aromatic nitrogens is 4. The van der Waals surface area contributed by atoms with E-state index in [1.165, 1.54) is 0 Å². The summed E-state index contributed by atoms with van der Waals surface area (Å²) in [5.41, 5.74) is 9.99. The SMILES string of the molecule is [2H]c1c([2H])c([2H])c2c(c1[2H])c1ccc(-c3ccccc3-c3ccccc3)cc1n2-c1nc(-c2ccc(-c3ccccc3)cc2)nc(-c2ccc3c(c2)oc2ccccc23)n1. The van der Waals surface area contributed by atoms with E-state index in [9.17, 15) is 1.37 Å². The summed E-state index contributed by atoms with van der Waals surface area (Å²) in [7, 11) is 0. The molecule has 0 unspecified atom stereocenters. The van der Waals surface area contributed by atoms with Crippen molar-refractivity contribution in [2.75, 3.05) is 0 Å². The lowest BCUT2D eigenvalue weighted by molar-refractivity contribution is 0.669. The molecular formula is C51H32N4O. The number of hydrogen-bond acceptors (Lipinski definition) is 4. The summed E-state index contributed by atoms with van der Waals surface area (Å²) in [4.78, 5) is 15.3. The van der Waals surface area contributed by atoms with E-state index in [1.807, 2.05) is 133 Å². The Bertz CT molecular complexity index is 3470. The summed E-state index contributed by atoms with van der Waals surface area (Å²) in [6, 6.07) is 55.5. The molecule has 0 N–H and O–H groups in total. The number of rotatable bonds is 6. The van der Waals surface area contributed by atoms with Crippen LogP contribution in [0.3, 0.4) is 0 Å². The molecule has 5 nitrogen and oxygen atoms in total. The molecule has 262 valence electrons. The van der Waals surface area contributed by atoms with Crippen LogP contribution >= 0.6 is 0 Å². The lowest BCUT2D eigenvalue weighted by atomic mass is 9.94.